The van der Waals surface area contributed by atoms with Gasteiger partial charge in [-0.05, 0) is 30.7 Å². The molecule has 0 aliphatic rings. The first-order valence-corrected chi connectivity index (χ1v) is 6.14. The molecule has 0 amide bonds. The van der Waals surface area contributed by atoms with E-state index in [2.05, 4.69) is 30.1 Å². The summed E-state index contributed by atoms with van der Waals surface area (Å²) in [7, 11) is 0. The van der Waals surface area contributed by atoms with Gasteiger partial charge in [-0.15, -0.1) is 0 Å². The van der Waals surface area contributed by atoms with Crippen LogP contribution >= 0.6 is 0 Å². The molecule has 19 heavy (non-hydrogen) atoms. The Morgan fingerprint density at radius 1 is 1.00 bits per heavy atom. The lowest BCUT2D eigenvalue weighted by Gasteiger charge is -2.07. The Bertz CT molecular complexity index is 780. The van der Waals surface area contributed by atoms with Gasteiger partial charge in [-0.2, -0.15) is 5.26 Å². The van der Waals surface area contributed by atoms with Crippen LogP contribution in [0.4, 0.5) is 0 Å². The number of hydrogen-bond donors (Lipinski definition) is 0. The van der Waals surface area contributed by atoms with E-state index in [1.807, 2.05) is 36.4 Å². The minimum atomic E-state index is 0.689. The van der Waals surface area contributed by atoms with E-state index in [0.29, 0.717) is 5.56 Å². The van der Waals surface area contributed by atoms with Crippen LogP contribution in [-0.2, 0) is 0 Å². The van der Waals surface area contributed by atoms with E-state index in [1.165, 1.54) is 5.56 Å². The molecular weight excluding hydrogens is 232 g/mol. The maximum absolute atomic E-state index is 9.45. The predicted molar refractivity (Wildman–Crippen MR) is 76.6 cm³/mol. The molecule has 0 aliphatic heterocycles. The van der Waals surface area contributed by atoms with Gasteiger partial charge in [-0.1, -0.05) is 35.9 Å². The van der Waals surface area contributed by atoms with Crippen LogP contribution in [-0.4, -0.2) is 4.98 Å². The SMILES string of the molecule is Cc1ccc(-c2ccc3ncccc3c2C#N)cc1. The Labute approximate surface area is 112 Å². The Morgan fingerprint density at radius 3 is 2.53 bits per heavy atom. The maximum Gasteiger partial charge on any atom is 0.100 e. The number of nitrogens with zero attached hydrogens (tertiary/aromatic N) is 2. The van der Waals surface area contributed by atoms with Crippen molar-refractivity contribution in [1.82, 2.24) is 4.98 Å². The van der Waals surface area contributed by atoms with Crippen molar-refractivity contribution >= 4 is 10.9 Å². The van der Waals surface area contributed by atoms with Crippen LogP contribution < -0.4 is 0 Å². The van der Waals surface area contributed by atoms with Crippen molar-refractivity contribution in [2.75, 3.05) is 0 Å². The van der Waals surface area contributed by atoms with E-state index in [4.69, 9.17) is 0 Å². The van der Waals surface area contributed by atoms with E-state index in [0.717, 1.165) is 22.0 Å². The average Bonchev–Trinajstić information content (AvgIpc) is 2.47. The molecule has 0 fully saturated rings. The summed E-state index contributed by atoms with van der Waals surface area (Å²) in [5.41, 5.74) is 4.78. The quantitative estimate of drug-likeness (QED) is 0.646. The summed E-state index contributed by atoms with van der Waals surface area (Å²) in [5, 5.41) is 10.4. The molecule has 0 bridgehead atoms. The van der Waals surface area contributed by atoms with Gasteiger partial charge in [0.15, 0.2) is 0 Å². The summed E-state index contributed by atoms with van der Waals surface area (Å²) in [5.74, 6) is 0. The van der Waals surface area contributed by atoms with Crippen LogP contribution in [0, 0.1) is 18.3 Å². The molecule has 0 atom stereocenters. The Kier molecular flexibility index (Phi) is 2.74. The van der Waals surface area contributed by atoms with Gasteiger partial charge in [0.05, 0.1) is 11.1 Å². The smallest absolute Gasteiger partial charge is 0.100 e. The molecule has 2 nitrogen and oxygen atoms in total. The Balaban J connectivity index is 2.30. The van der Waals surface area contributed by atoms with Crippen LogP contribution in [0.2, 0.25) is 0 Å². The zero-order valence-electron chi connectivity index (χ0n) is 10.6. The molecule has 2 heteroatoms. The lowest BCUT2D eigenvalue weighted by Crippen LogP contribution is -1.88. The van der Waals surface area contributed by atoms with E-state index >= 15 is 0 Å². The molecule has 3 aromatic rings. The topological polar surface area (TPSA) is 36.7 Å². The molecule has 3 rings (SSSR count). The Hall–Kier alpha value is -2.66. The van der Waals surface area contributed by atoms with Crippen molar-refractivity contribution in [3.05, 3.63) is 65.9 Å². The summed E-state index contributed by atoms with van der Waals surface area (Å²) >= 11 is 0. The van der Waals surface area contributed by atoms with Crippen LogP contribution in [0.25, 0.3) is 22.0 Å². The monoisotopic (exact) mass is 244 g/mol. The van der Waals surface area contributed by atoms with Gasteiger partial charge >= 0.3 is 0 Å². The molecule has 1 heterocycles. The van der Waals surface area contributed by atoms with Crippen molar-refractivity contribution in [2.45, 2.75) is 6.92 Å². The highest BCUT2D eigenvalue weighted by molar-refractivity contribution is 5.92. The van der Waals surface area contributed by atoms with Crippen molar-refractivity contribution in [1.29, 1.82) is 5.26 Å². The molecule has 1 aromatic heterocycles. The molecule has 90 valence electrons. The molecule has 0 saturated carbocycles. The highest BCUT2D eigenvalue weighted by Crippen LogP contribution is 2.29. The zero-order chi connectivity index (χ0) is 13.2. The first-order chi connectivity index (χ1) is 9.29. The zero-order valence-corrected chi connectivity index (χ0v) is 10.6. The number of benzene rings is 2. The van der Waals surface area contributed by atoms with Gasteiger partial charge in [0.2, 0.25) is 0 Å². The standard InChI is InChI=1S/C17H12N2/c1-12-4-6-13(7-5-12)14-8-9-17-15(16(14)11-18)3-2-10-19-17/h2-10H,1H3. The van der Waals surface area contributed by atoms with E-state index in [9.17, 15) is 5.26 Å². The fourth-order valence-electron chi connectivity index (χ4n) is 2.25. The molecule has 0 aliphatic carbocycles. The van der Waals surface area contributed by atoms with Crippen molar-refractivity contribution in [2.24, 2.45) is 0 Å². The van der Waals surface area contributed by atoms with Gasteiger partial charge in [-0.3, -0.25) is 4.98 Å². The third kappa shape index (κ3) is 1.96. The largest absolute Gasteiger partial charge is 0.256 e. The normalized spacial score (nSPS) is 10.3. The second-order valence-electron chi connectivity index (χ2n) is 4.54. The van der Waals surface area contributed by atoms with E-state index in [-0.39, 0.29) is 0 Å². The van der Waals surface area contributed by atoms with Crippen LogP contribution in [0.5, 0.6) is 0 Å². The minimum absolute atomic E-state index is 0.689. The highest BCUT2D eigenvalue weighted by atomic mass is 14.6. The molecule has 0 unspecified atom stereocenters. The highest BCUT2D eigenvalue weighted by Gasteiger charge is 2.09. The lowest BCUT2D eigenvalue weighted by molar-refractivity contribution is 1.40. The number of nitriles is 1. The van der Waals surface area contributed by atoms with Gasteiger partial charge in [0, 0.05) is 17.1 Å². The van der Waals surface area contributed by atoms with Crippen molar-refractivity contribution in [3.8, 4) is 17.2 Å². The number of fused-ring (bicyclic) bond motifs is 1. The molecule has 2 aromatic carbocycles. The van der Waals surface area contributed by atoms with Crippen LogP contribution in [0.3, 0.4) is 0 Å². The fourth-order valence-corrected chi connectivity index (χ4v) is 2.25. The summed E-state index contributed by atoms with van der Waals surface area (Å²) < 4.78 is 0. The van der Waals surface area contributed by atoms with Crippen molar-refractivity contribution < 1.29 is 0 Å². The third-order valence-electron chi connectivity index (χ3n) is 3.26. The van der Waals surface area contributed by atoms with Gasteiger partial charge in [0.25, 0.3) is 0 Å². The number of rotatable bonds is 1. The summed E-state index contributed by atoms with van der Waals surface area (Å²) in [6.07, 6.45) is 1.75. The maximum atomic E-state index is 9.45. The second-order valence-corrected chi connectivity index (χ2v) is 4.54. The first kappa shape index (κ1) is 11.4. The second kappa shape index (κ2) is 4.55. The van der Waals surface area contributed by atoms with E-state index in [1.54, 1.807) is 6.20 Å². The lowest BCUT2D eigenvalue weighted by atomic mass is 9.96. The molecule has 0 saturated heterocycles. The molecule has 0 radical (unpaired) electrons. The Morgan fingerprint density at radius 2 is 1.79 bits per heavy atom. The van der Waals surface area contributed by atoms with Crippen LogP contribution in [0.1, 0.15) is 11.1 Å². The first-order valence-electron chi connectivity index (χ1n) is 6.14. The minimum Gasteiger partial charge on any atom is -0.256 e. The van der Waals surface area contributed by atoms with Gasteiger partial charge < -0.3 is 0 Å². The fraction of sp³-hybridized carbons (Fsp3) is 0.0588. The number of pyridine rings is 1. The van der Waals surface area contributed by atoms with Gasteiger partial charge in [0.1, 0.15) is 6.07 Å². The average molecular weight is 244 g/mol. The summed E-state index contributed by atoms with van der Waals surface area (Å²) in [6.45, 7) is 2.05. The van der Waals surface area contributed by atoms with E-state index < -0.39 is 0 Å². The van der Waals surface area contributed by atoms with Crippen LogP contribution in [0.15, 0.2) is 54.7 Å². The summed E-state index contributed by atoms with van der Waals surface area (Å²) in [4.78, 5) is 4.29. The predicted octanol–water partition coefficient (Wildman–Crippen LogP) is 4.08. The third-order valence-corrected chi connectivity index (χ3v) is 3.26. The number of aromatic nitrogens is 1. The molecule has 0 N–H and O–H groups in total. The number of aryl methyl sites for hydroxylation is 1. The number of hydrogen-bond acceptors (Lipinski definition) is 2. The summed E-state index contributed by atoms with van der Waals surface area (Å²) in [6, 6.07) is 18.3. The molecular formula is C17H12N2. The molecule has 0 spiro atoms. The van der Waals surface area contributed by atoms with Crippen molar-refractivity contribution in [3.63, 3.8) is 0 Å². The van der Waals surface area contributed by atoms with Gasteiger partial charge in [-0.25, -0.2) is 0 Å².